The second-order valence-electron chi connectivity index (χ2n) is 7.25. The van der Waals surface area contributed by atoms with Crippen LogP contribution in [0.1, 0.15) is 29.9 Å². The standard InChI is InChI=1S/C21H24ClFN6/c1-2-27-11-13-28(14-12-27)20(17-5-7-18(22)8-6-17)21-24-25-26-29(21)15-16-3-9-19(23)10-4-16/h3-10,20H,2,11-15H2,1H3/t20-/m1/s1. The number of hydrogen-bond acceptors (Lipinski definition) is 5. The number of benzene rings is 2. The van der Waals surface area contributed by atoms with Crippen molar-refractivity contribution in [2.75, 3.05) is 32.7 Å². The Kier molecular flexibility index (Phi) is 6.18. The van der Waals surface area contributed by atoms with Gasteiger partial charge in [-0.1, -0.05) is 42.8 Å². The summed E-state index contributed by atoms with van der Waals surface area (Å²) >= 11 is 6.12. The van der Waals surface area contributed by atoms with Crippen molar-refractivity contribution < 1.29 is 4.39 Å². The lowest BCUT2D eigenvalue weighted by Gasteiger charge is -2.38. The number of tetrazole rings is 1. The molecule has 8 heteroatoms. The number of aromatic nitrogens is 4. The third-order valence-corrected chi connectivity index (χ3v) is 5.71. The maximum Gasteiger partial charge on any atom is 0.173 e. The van der Waals surface area contributed by atoms with E-state index in [4.69, 9.17) is 11.6 Å². The van der Waals surface area contributed by atoms with Gasteiger partial charge in [-0.15, -0.1) is 5.10 Å². The van der Waals surface area contributed by atoms with Crippen molar-refractivity contribution in [3.8, 4) is 0 Å². The van der Waals surface area contributed by atoms with Crippen LogP contribution in [0.4, 0.5) is 4.39 Å². The van der Waals surface area contributed by atoms with Gasteiger partial charge in [0.25, 0.3) is 0 Å². The first-order valence-corrected chi connectivity index (χ1v) is 10.2. The Balaban J connectivity index is 1.65. The first kappa shape index (κ1) is 19.9. The van der Waals surface area contributed by atoms with E-state index < -0.39 is 0 Å². The molecule has 29 heavy (non-hydrogen) atoms. The Morgan fingerprint density at radius 2 is 1.69 bits per heavy atom. The molecule has 2 aromatic carbocycles. The molecule has 4 rings (SSSR count). The number of likely N-dealkylation sites (N-methyl/N-ethyl adjacent to an activating group) is 1. The molecule has 0 N–H and O–H groups in total. The Labute approximate surface area is 174 Å². The molecule has 1 aromatic heterocycles. The fraction of sp³-hybridized carbons (Fsp3) is 0.381. The average molecular weight is 415 g/mol. The Morgan fingerprint density at radius 1 is 1.00 bits per heavy atom. The first-order valence-electron chi connectivity index (χ1n) is 9.86. The Morgan fingerprint density at radius 3 is 2.34 bits per heavy atom. The normalized spacial score (nSPS) is 16.8. The van der Waals surface area contributed by atoms with Crippen molar-refractivity contribution >= 4 is 11.6 Å². The summed E-state index contributed by atoms with van der Waals surface area (Å²) in [6, 6.07) is 14.3. The predicted octanol–water partition coefficient (Wildman–Crippen LogP) is 3.24. The van der Waals surface area contributed by atoms with Gasteiger partial charge in [0.15, 0.2) is 5.82 Å². The highest BCUT2D eigenvalue weighted by Gasteiger charge is 2.30. The van der Waals surface area contributed by atoms with Crippen molar-refractivity contribution in [1.82, 2.24) is 30.0 Å². The lowest BCUT2D eigenvalue weighted by atomic mass is 10.0. The Bertz CT molecular complexity index is 919. The third-order valence-electron chi connectivity index (χ3n) is 5.45. The molecule has 2 heterocycles. The molecule has 0 bridgehead atoms. The van der Waals surface area contributed by atoms with Gasteiger partial charge in [0.05, 0.1) is 12.6 Å². The van der Waals surface area contributed by atoms with E-state index in [1.165, 1.54) is 12.1 Å². The zero-order valence-corrected chi connectivity index (χ0v) is 17.1. The topological polar surface area (TPSA) is 50.1 Å². The third kappa shape index (κ3) is 4.63. The van der Waals surface area contributed by atoms with E-state index in [9.17, 15) is 4.39 Å². The van der Waals surface area contributed by atoms with E-state index in [1.807, 2.05) is 24.3 Å². The molecule has 0 aliphatic carbocycles. The van der Waals surface area contributed by atoms with Gasteiger partial charge in [0.1, 0.15) is 5.82 Å². The lowest BCUT2D eigenvalue weighted by Crippen LogP contribution is -2.48. The van der Waals surface area contributed by atoms with E-state index in [2.05, 4.69) is 32.2 Å². The molecule has 0 saturated carbocycles. The van der Waals surface area contributed by atoms with Gasteiger partial charge in [-0.3, -0.25) is 4.90 Å². The summed E-state index contributed by atoms with van der Waals surface area (Å²) in [5.74, 6) is 0.528. The van der Waals surface area contributed by atoms with Crippen LogP contribution in [0.5, 0.6) is 0 Å². The minimum Gasteiger partial charge on any atom is -0.301 e. The van der Waals surface area contributed by atoms with E-state index in [-0.39, 0.29) is 11.9 Å². The smallest absolute Gasteiger partial charge is 0.173 e. The van der Waals surface area contributed by atoms with Crippen LogP contribution in [0.3, 0.4) is 0 Å². The van der Waals surface area contributed by atoms with Gasteiger partial charge in [-0.2, -0.15) is 0 Å². The van der Waals surface area contributed by atoms with E-state index >= 15 is 0 Å². The highest BCUT2D eigenvalue weighted by atomic mass is 35.5. The molecule has 0 amide bonds. The van der Waals surface area contributed by atoms with Gasteiger partial charge < -0.3 is 4.90 Å². The summed E-state index contributed by atoms with van der Waals surface area (Å²) in [5, 5.41) is 13.3. The van der Waals surface area contributed by atoms with E-state index in [1.54, 1.807) is 16.8 Å². The minimum absolute atomic E-state index is 0.0679. The molecule has 1 aliphatic heterocycles. The molecule has 1 aliphatic rings. The lowest BCUT2D eigenvalue weighted by molar-refractivity contribution is 0.108. The molecule has 6 nitrogen and oxygen atoms in total. The quantitative estimate of drug-likeness (QED) is 0.619. The summed E-state index contributed by atoms with van der Waals surface area (Å²) in [5.41, 5.74) is 2.06. The summed E-state index contributed by atoms with van der Waals surface area (Å²) in [4.78, 5) is 4.86. The number of piperazine rings is 1. The van der Waals surface area contributed by atoms with Crippen molar-refractivity contribution in [2.45, 2.75) is 19.5 Å². The molecule has 152 valence electrons. The zero-order chi connectivity index (χ0) is 20.2. The minimum atomic E-state index is -0.251. The number of halogens is 2. The number of hydrogen-bond donors (Lipinski definition) is 0. The summed E-state index contributed by atoms with van der Waals surface area (Å²) in [7, 11) is 0. The SMILES string of the molecule is CCN1CCN([C@H](c2ccc(Cl)cc2)c2nnnn2Cc2ccc(F)cc2)CC1. The van der Waals surface area contributed by atoms with Crippen LogP contribution >= 0.6 is 11.6 Å². The highest BCUT2D eigenvalue weighted by Crippen LogP contribution is 2.29. The van der Waals surface area contributed by atoms with Gasteiger partial charge in [-0.05, 0) is 52.4 Å². The molecule has 1 saturated heterocycles. The van der Waals surface area contributed by atoms with Crippen molar-refractivity contribution in [2.24, 2.45) is 0 Å². The van der Waals surface area contributed by atoms with Crippen LogP contribution in [0.2, 0.25) is 5.02 Å². The number of rotatable bonds is 6. The average Bonchev–Trinajstić information content (AvgIpc) is 3.19. The summed E-state index contributed by atoms with van der Waals surface area (Å²) in [6.07, 6.45) is 0. The predicted molar refractivity (Wildman–Crippen MR) is 110 cm³/mol. The Hall–Kier alpha value is -2.35. The van der Waals surface area contributed by atoms with Crippen molar-refractivity contribution in [1.29, 1.82) is 0 Å². The van der Waals surface area contributed by atoms with Gasteiger partial charge in [0, 0.05) is 31.2 Å². The fourth-order valence-corrected chi connectivity index (χ4v) is 3.91. The van der Waals surface area contributed by atoms with Crippen LogP contribution in [-0.2, 0) is 6.54 Å². The molecular weight excluding hydrogens is 391 g/mol. The summed E-state index contributed by atoms with van der Waals surface area (Å²) in [6.45, 7) is 7.63. The molecule has 0 radical (unpaired) electrons. The van der Waals surface area contributed by atoms with Gasteiger partial charge >= 0.3 is 0 Å². The maximum absolute atomic E-state index is 13.3. The van der Waals surface area contributed by atoms with Crippen LogP contribution in [0, 0.1) is 5.82 Å². The molecule has 0 unspecified atom stereocenters. The van der Waals surface area contributed by atoms with Crippen LogP contribution in [-0.4, -0.2) is 62.7 Å². The maximum atomic E-state index is 13.3. The monoisotopic (exact) mass is 414 g/mol. The second-order valence-corrected chi connectivity index (χ2v) is 7.68. The first-order chi connectivity index (χ1) is 14.1. The molecule has 1 fully saturated rings. The molecule has 1 atom stereocenters. The molecule has 3 aromatic rings. The van der Waals surface area contributed by atoms with Crippen LogP contribution in [0.25, 0.3) is 0 Å². The van der Waals surface area contributed by atoms with Gasteiger partial charge in [0.2, 0.25) is 0 Å². The van der Waals surface area contributed by atoms with Crippen molar-refractivity contribution in [3.05, 3.63) is 76.3 Å². The van der Waals surface area contributed by atoms with E-state index in [0.29, 0.717) is 11.6 Å². The molecule has 0 spiro atoms. The summed E-state index contributed by atoms with van der Waals surface area (Å²) < 4.78 is 15.1. The highest BCUT2D eigenvalue weighted by molar-refractivity contribution is 6.30. The second kappa shape index (κ2) is 8.98. The van der Waals surface area contributed by atoms with Gasteiger partial charge in [-0.25, -0.2) is 9.07 Å². The van der Waals surface area contributed by atoms with Crippen LogP contribution in [0.15, 0.2) is 48.5 Å². The van der Waals surface area contributed by atoms with E-state index in [0.717, 1.165) is 49.7 Å². The molecular formula is C21H24ClFN6. The zero-order valence-electron chi connectivity index (χ0n) is 16.4. The largest absolute Gasteiger partial charge is 0.301 e. The van der Waals surface area contributed by atoms with Crippen molar-refractivity contribution in [3.63, 3.8) is 0 Å². The van der Waals surface area contributed by atoms with Crippen LogP contribution < -0.4 is 0 Å². The number of nitrogens with zero attached hydrogens (tertiary/aromatic N) is 6. The fourth-order valence-electron chi connectivity index (χ4n) is 3.79.